The Labute approximate surface area is 109 Å². The Bertz CT molecular complexity index is 377. The van der Waals surface area contributed by atoms with Crippen molar-refractivity contribution in [2.24, 2.45) is 0 Å². The number of nitrogens with zero attached hydrogens (tertiary/aromatic N) is 3. The summed E-state index contributed by atoms with van der Waals surface area (Å²) in [5.41, 5.74) is 1.34. The van der Waals surface area contributed by atoms with Crippen molar-refractivity contribution in [1.29, 1.82) is 0 Å². The van der Waals surface area contributed by atoms with Gasteiger partial charge in [0.05, 0.1) is 12.0 Å². The second kappa shape index (κ2) is 5.41. The maximum Gasteiger partial charge on any atom is 0.0951 e. The molecule has 1 atom stereocenters. The van der Waals surface area contributed by atoms with Crippen LogP contribution in [0.5, 0.6) is 0 Å². The quantitative estimate of drug-likeness (QED) is 0.833. The van der Waals surface area contributed by atoms with Crippen LogP contribution in [0.3, 0.4) is 0 Å². The van der Waals surface area contributed by atoms with Crippen LogP contribution in [0.2, 0.25) is 0 Å². The van der Waals surface area contributed by atoms with E-state index in [0.717, 1.165) is 19.1 Å². The average molecular weight is 248 g/mol. The van der Waals surface area contributed by atoms with Crippen LogP contribution in [0, 0.1) is 0 Å². The molecule has 0 amide bonds. The molecule has 100 valence electrons. The molecule has 1 aliphatic carbocycles. The van der Waals surface area contributed by atoms with E-state index in [4.69, 9.17) is 0 Å². The van der Waals surface area contributed by atoms with Crippen molar-refractivity contribution >= 4 is 0 Å². The fraction of sp³-hybridized carbons (Fsp3) is 0.786. The number of hydrogen-bond donors (Lipinski definition) is 1. The molecular weight excluding hydrogens is 224 g/mol. The van der Waals surface area contributed by atoms with E-state index in [1.54, 1.807) is 0 Å². The van der Waals surface area contributed by atoms with E-state index in [0.29, 0.717) is 6.04 Å². The van der Waals surface area contributed by atoms with E-state index in [9.17, 15) is 0 Å². The van der Waals surface area contributed by atoms with Crippen molar-refractivity contribution in [2.75, 3.05) is 19.6 Å². The monoisotopic (exact) mass is 248 g/mol. The van der Waals surface area contributed by atoms with E-state index < -0.39 is 0 Å². The first-order valence-corrected chi connectivity index (χ1v) is 7.30. The number of rotatable bonds is 6. The van der Waals surface area contributed by atoms with Crippen LogP contribution >= 0.6 is 0 Å². The summed E-state index contributed by atoms with van der Waals surface area (Å²) in [7, 11) is 0. The van der Waals surface area contributed by atoms with Crippen molar-refractivity contribution in [1.82, 2.24) is 19.8 Å². The molecule has 2 heterocycles. The van der Waals surface area contributed by atoms with E-state index >= 15 is 0 Å². The Balaban J connectivity index is 1.44. The van der Waals surface area contributed by atoms with Gasteiger partial charge in [-0.05, 0) is 45.7 Å². The normalized spacial score (nSPS) is 22.5. The molecule has 1 aliphatic heterocycles. The minimum atomic E-state index is 0.657. The van der Waals surface area contributed by atoms with Crippen LogP contribution in [0.15, 0.2) is 12.5 Å². The Morgan fingerprint density at radius 3 is 2.89 bits per heavy atom. The molecule has 1 aromatic heterocycles. The molecule has 2 fully saturated rings. The van der Waals surface area contributed by atoms with Gasteiger partial charge < -0.3 is 9.88 Å². The molecule has 1 saturated heterocycles. The summed E-state index contributed by atoms with van der Waals surface area (Å²) in [5.74, 6) is 0. The molecule has 0 bridgehead atoms. The van der Waals surface area contributed by atoms with Crippen molar-refractivity contribution in [3.05, 3.63) is 18.2 Å². The topological polar surface area (TPSA) is 33.1 Å². The largest absolute Gasteiger partial charge is 0.330 e. The van der Waals surface area contributed by atoms with Gasteiger partial charge in [-0.1, -0.05) is 0 Å². The third kappa shape index (κ3) is 2.75. The molecule has 3 rings (SSSR count). The Morgan fingerprint density at radius 2 is 2.17 bits per heavy atom. The second-order valence-electron chi connectivity index (χ2n) is 5.75. The molecule has 0 aromatic carbocycles. The van der Waals surface area contributed by atoms with Crippen LogP contribution < -0.4 is 5.32 Å². The smallest absolute Gasteiger partial charge is 0.0951 e. The summed E-state index contributed by atoms with van der Waals surface area (Å²) in [6, 6.07) is 1.39. The van der Waals surface area contributed by atoms with Gasteiger partial charge in [0.2, 0.25) is 0 Å². The van der Waals surface area contributed by atoms with Crippen molar-refractivity contribution in [3.8, 4) is 0 Å². The van der Waals surface area contributed by atoms with Gasteiger partial charge in [0.15, 0.2) is 0 Å². The number of imidazole rings is 1. The first-order chi connectivity index (χ1) is 8.84. The van der Waals surface area contributed by atoms with Crippen molar-refractivity contribution in [3.63, 3.8) is 0 Å². The lowest BCUT2D eigenvalue weighted by Gasteiger charge is -2.24. The Hall–Kier alpha value is -0.870. The van der Waals surface area contributed by atoms with Gasteiger partial charge >= 0.3 is 0 Å². The molecular formula is C14H24N4. The predicted molar refractivity (Wildman–Crippen MR) is 72.5 cm³/mol. The molecule has 4 nitrogen and oxygen atoms in total. The molecule has 18 heavy (non-hydrogen) atoms. The summed E-state index contributed by atoms with van der Waals surface area (Å²) in [5, 5.41) is 3.58. The predicted octanol–water partition coefficient (Wildman–Crippen LogP) is 1.79. The minimum Gasteiger partial charge on any atom is -0.330 e. The lowest BCUT2D eigenvalue weighted by atomic mass is 10.3. The van der Waals surface area contributed by atoms with Crippen LogP contribution in [0.25, 0.3) is 0 Å². The van der Waals surface area contributed by atoms with Gasteiger partial charge in [0.1, 0.15) is 0 Å². The standard InChI is InChI=1S/C14H24N4/c1-12(17-6-2-3-7-17)8-15-9-14-10-16-11-18(14)13-4-5-13/h10-13,15H,2-9H2,1H3. The summed E-state index contributed by atoms with van der Waals surface area (Å²) < 4.78 is 2.34. The highest BCUT2D eigenvalue weighted by molar-refractivity contribution is 5.03. The second-order valence-corrected chi connectivity index (χ2v) is 5.75. The fourth-order valence-electron chi connectivity index (χ4n) is 2.87. The van der Waals surface area contributed by atoms with E-state index in [1.165, 1.54) is 44.5 Å². The number of aromatic nitrogens is 2. The number of nitrogens with one attached hydrogen (secondary N) is 1. The van der Waals surface area contributed by atoms with Crippen molar-refractivity contribution in [2.45, 2.75) is 51.2 Å². The molecule has 1 unspecified atom stereocenters. The van der Waals surface area contributed by atoms with Crippen LogP contribution in [0.1, 0.15) is 44.3 Å². The summed E-state index contributed by atoms with van der Waals surface area (Å²) >= 11 is 0. The first kappa shape index (κ1) is 12.2. The minimum absolute atomic E-state index is 0.657. The Morgan fingerprint density at radius 1 is 1.39 bits per heavy atom. The van der Waals surface area contributed by atoms with Crippen LogP contribution in [-0.4, -0.2) is 40.1 Å². The molecule has 1 N–H and O–H groups in total. The van der Waals surface area contributed by atoms with Gasteiger partial charge in [-0.15, -0.1) is 0 Å². The zero-order valence-corrected chi connectivity index (χ0v) is 11.3. The van der Waals surface area contributed by atoms with Gasteiger partial charge in [-0.3, -0.25) is 4.90 Å². The lowest BCUT2D eigenvalue weighted by Crippen LogP contribution is -2.38. The van der Waals surface area contributed by atoms with Crippen LogP contribution in [-0.2, 0) is 6.54 Å². The highest BCUT2D eigenvalue weighted by Crippen LogP contribution is 2.35. The van der Waals surface area contributed by atoms with E-state index in [2.05, 4.69) is 26.7 Å². The maximum atomic E-state index is 4.27. The molecule has 0 radical (unpaired) electrons. The Kier molecular flexibility index (Phi) is 3.66. The number of likely N-dealkylation sites (tertiary alicyclic amines) is 1. The maximum absolute atomic E-state index is 4.27. The molecule has 1 saturated carbocycles. The van der Waals surface area contributed by atoms with Gasteiger partial charge in [-0.25, -0.2) is 4.98 Å². The summed E-state index contributed by atoms with van der Waals surface area (Å²) in [6.45, 7) is 6.92. The highest BCUT2D eigenvalue weighted by atomic mass is 15.2. The lowest BCUT2D eigenvalue weighted by molar-refractivity contribution is 0.251. The molecule has 0 spiro atoms. The highest BCUT2D eigenvalue weighted by Gasteiger charge is 2.25. The van der Waals surface area contributed by atoms with Crippen LogP contribution in [0.4, 0.5) is 0 Å². The van der Waals surface area contributed by atoms with Gasteiger partial charge in [-0.2, -0.15) is 0 Å². The van der Waals surface area contributed by atoms with Gasteiger partial charge in [0.25, 0.3) is 0 Å². The fourth-order valence-corrected chi connectivity index (χ4v) is 2.87. The average Bonchev–Trinajstić information content (AvgIpc) is 2.92. The van der Waals surface area contributed by atoms with Crippen molar-refractivity contribution < 1.29 is 0 Å². The summed E-state index contributed by atoms with van der Waals surface area (Å²) in [6.07, 6.45) is 9.39. The molecule has 4 heteroatoms. The van der Waals surface area contributed by atoms with Gasteiger partial charge in [0, 0.05) is 31.4 Å². The first-order valence-electron chi connectivity index (χ1n) is 7.30. The molecule has 1 aromatic rings. The van der Waals surface area contributed by atoms with E-state index in [-0.39, 0.29) is 0 Å². The third-order valence-electron chi connectivity index (χ3n) is 4.20. The van der Waals surface area contributed by atoms with E-state index in [1.807, 2.05) is 12.5 Å². The SMILES string of the molecule is CC(CNCc1cncn1C1CC1)N1CCCC1. The zero-order valence-electron chi connectivity index (χ0n) is 11.3. The number of hydrogen-bond acceptors (Lipinski definition) is 3. The molecule has 2 aliphatic rings. The third-order valence-corrected chi connectivity index (χ3v) is 4.20. The zero-order chi connectivity index (χ0) is 12.4. The summed E-state index contributed by atoms with van der Waals surface area (Å²) in [4.78, 5) is 6.86.